The van der Waals surface area contributed by atoms with Crippen molar-refractivity contribution in [1.82, 2.24) is 9.78 Å². The molecular formula is C18H22N4O4. The Labute approximate surface area is 151 Å². The highest BCUT2D eigenvalue weighted by molar-refractivity contribution is 5.98. The van der Waals surface area contributed by atoms with Gasteiger partial charge in [0.25, 0.3) is 5.91 Å². The van der Waals surface area contributed by atoms with E-state index in [1.165, 1.54) is 19.9 Å². The van der Waals surface area contributed by atoms with Gasteiger partial charge in [-0.2, -0.15) is 5.10 Å². The van der Waals surface area contributed by atoms with E-state index in [9.17, 15) is 14.4 Å². The average molecular weight is 358 g/mol. The normalized spacial score (nSPS) is 11.6. The summed E-state index contributed by atoms with van der Waals surface area (Å²) in [5, 5.41) is 9.55. The third-order valence-electron chi connectivity index (χ3n) is 3.83. The number of nitrogens with zero attached hydrogens (tertiary/aromatic N) is 2. The van der Waals surface area contributed by atoms with Crippen LogP contribution in [0.2, 0.25) is 0 Å². The summed E-state index contributed by atoms with van der Waals surface area (Å²) < 4.78 is 6.89. The Bertz CT molecular complexity index is 857. The van der Waals surface area contributed by atoms with Crippen LogP contribution in [0.3, 0.4) is 0 Å². The predicted octanol–water partition coefficient (Wildman–Crippen LogP) is 2.18. The van der Waals surface area contributed by atoms with Crippen molar-refractivity contribution in [2.75, 3.05) is 10.6 Å². The average Bonchev–Trinajstić information content (AvgIpc) is 2.80. The number of carbonyl (C=O) groups is 3. The lowest BCUT2D eigenvalue weighted by molar-refractivity contribution is -0.123. The van der Waals surface area contributed by atoms with E-state index in [0.29, 0.717) is 17.1 Å². The third-order valence-corrected chi connectivity index (χ3v) is 3.83. The summed E-state index contributed by atoms with van der Waals surface area (Å²) in [5.74, 6) is -1.35. The number of hydrogen-bond donors (Lipinski definition) is 2. The molecule has 2 rings (SSSR count). The van der Waals surface area contributed by atoms with Gasteiger partial charge in [-0.25, -0.2) is 4.79 Å². The number of nitrogens with one attached hydrogen (secondary N) is 2. The van der Waals surface area contributed by atoms with E-state index in [1.54, 1.807) is 36.9 Å². The van der Waals surface area contributed by atoms with Crippen LogP contribution in [0.25, 0.3) is 0 Å². The number of aryl methyl sites for hydroxylation is 2. The lowest BCUT2D eigenvalue weighted by atomic mass is 10.2. The second-order valence-electron chi connectivity index (χ2n) is 5.97. The molecule has 0 aliphatic rings. The molecule has 0 fully saturated rings. The van der Waals surface area contributed by atoms with Gasteiger partial charge in [0.2, 0.25) is 5.91 Å². The zero-order valence-electron chi connectivity index (χ0n) is 15.4. The van der Waals surface area contributed by atoms with Crippen molar-refractivity contribution in [3.8, 4) is 0 Å². The molecule has 0 aliphatic carbocycles. The number of rotatable bonds is 5. The molecule has 1 heterocycles. The van der Waals surface area contributed by atoms with Crippen LogP contribution < -0.4 is 10.6 Å². The molecule has 8 nitrogen and oxygen atoms in total. The first-order valence-electron chi connectivity index (χ1n) is 8.08. The molecule has 8 heteroatoms. The monoisotopic (exact) mass is 358 g/mol. The highest BCUT2D eigenvalue weighted by Gasteiger charge is 2.21. The summed E-state index contributed by atoms with van der Waals surface area (Å²) in [6.07, 6.45) is -0.995. The Kier molecular flexibility index (Phi) is 5.76. The van der Waals surface area contributed by atoms with Gasteiger partial charge in [-0.15, -0.1) is 0 Å². The highest BCUT2D eigenvalue weighted by atomic mass is 16.5. The van der Waals surface area contributed by atoms with Gasteiger partial charge in [-0.05, 0) is 39.0 Å². The van der Waals surface area contributed by atoms with E-state index >= 15 is 0 Å². The van der Waals surface area contributed by atoms with Crippen LogP contribution >= 0.6 is 0 Å². The maximum absolute atomic E-state index is 12.3. The Balaban J connectivity index is 2.04. The number of carbonyl (C=O) groups excluding carboxylic acids is 3. The number of anilines is 2. The highest BCUT2D eigenvalue weighted by Crippen LogP contribution is 2.19. The molecule has 0 unspecified atom stereocenters. The molecule has 0 aliphatic heterocycles. The molecule has 0 bridgehead atoms. The molecule has 0 saturated carbocycles. The van der Waals surface area contributed by atoms with E-state index in [-0.39, 0.29) is 11.5 Å². The van der Waals surface area contributed by atoms with Crippen molar-refractivity contribution < 1.29 is 19.1 Å². The molecule has 2 N–H and O–H groups in total. The van der Waals surface area contributed by atoms with Gasteiger partial charge in [0.15, 0.2) is 6.10 Å². The number of benzene rings is 1. The Morgan fingerprint density at radius 1 is 1.19 bits per heavy atom. The number of aromatic nitrogens is 2. The van der Waals surface area contributed by atoms with Gasteiger partial charge in [-0.1, -0.05) is 6.07 Å². The molecule has 1 aromatic carbocycles. The molecular weight excluding hydrogens is 336 g/mol. The molecule has 26 heavy (non-hydrogen) atoms. The Morgan fingerprint density at radius 3 is 2.46 bits per heavy atom. The van der Waals surface area contributed by atoms with E-state index in [2.05, 4.69) is 15.7 Å². The summed E-state index contributed by atoms with van der Waals surface area (Å²) in [7, 11) is 1.78. The first-order valence-corrected chi connectivity index (χ1v) is 8.08. The van der Waals surface area contributed by atoms with Crippen LogP contribution in [0.15, 0.2) is 24.3 Å². The molecule has 0 radical (unpaired) electrons. The maximum Gasteiger partial charge on any atom is 0.338 e. The first kappa shape index (κ1) is 19.2. The van der Waals surface area contributed by atoms with Crippen molar-refractivity contribution in [1.29, 1.82) is 0 Å². The second-order valence-corrected chi connectivity index (χ2v) is 5.97. The minimum absolute atomic E-state index is 0.240. The number of ether oxygens (including phenoxy) is 1. The Hall–Kier alpha value is -3.16. The molecule has 0 saturated heterocycles. The summed E-state index contributed by atoms with van der Waals surface area (Å²) in [6.45, 7) is 6.48. The molecule has 138 valence electrons. The van der Waals surface area contributed by atoms with Crippen molar-refractivity contribution in [2.45, 2.75) is 33.8 Å². The maximum atomic E-state index is 12.3. The quantitative estimate of drug-likeness (QED) is 0.798. The minimum atomic E-state index is -0.995. The fraction of sp³-hybridized carbons (Fsp3) is 0.333. The summed E-state index contributed by atoms with van der Waals surface area (Å²) in [5.41, 5.74) is 2.81. The van der Waals surface area contributed by atoms with Crippen LogP contribution in [-0.4, -0.2) is 33.7 Å². The van der Waals surface area contributed by atoms with Crippen LogP contribution in [0.1, 0.15) is 35.6 Å². The van der Waals surface area contributed by atoms with Crippen LogP contribution in [0, 0.1) is 13.8 Å². The van der Waals surface area contributed by atoms with E-state index in [4.69, 9.17) is 4.74 Å². The second kappa shape index (κ2) is 7.81. The number of esters is 1. The topological polar surface area (TPSA) is 102 Å². The van der Waals surface area contributed by atoms with Gasteiger partial charge in [-0.3, -0.25) is 14.3 Å². The lowest BCUT2D eigenvalue weighted by Crippen LogP contribution is -2.30. The number of amides is 2. The van der Waals surface area contributed by atoms with Crippen molar-refractivity contribution >= 4 is 29.2 Å². The SMILES string of the molecule is CC(=O)Nc1cccc(C(=O)O[C@@H](C)C(=O)Nc2c(C)nn(C)c2C)c1. The van der Waals surface area contributed by atoms with Gasteiger partial charge in [0, 0.05) is 19.7 Å². The van der Waals surface area contributed by atoms with E-state index in [1.807, 2.05) is 6.92 Å². The van der Waals surface area contributed by atoms with E-state index in [0.717, 1.165) is 5.69 Å². The van der Waals surface area contributed by atoms with Crippen LogP contribution in [0.4, 0.5) is 11.4 Å². The smallest absolute Gasteiger partial charge is 0.338 e. The first-order chi connectivity index (χ1) is 12.2. The molecule has 2 amide bonds. The lowest BCUT2D eigenvalue weighted by Gasteiger charge is -2.14. The van der Waals surface area contributed by atoms with Gasteiger partial charge >= 0.3 is 5.97 Å². The predicted molar refractivity (Wildman–Crippen MR) is 96.9 cm³/mol. The molecule has 2 aromatic rings. The van der Waals surface area contributed by atoms with E-state index < -0.39 is 18.0 Å². The Morgan fingerprint density at radius 2 is 1.88 bits per heavy atom. The molecule has 0 spiro atoms. The summed E-state index contributed by atoms with van der Waals surface area (Å²) >= 11 is 0. The van der Waals surface area contributed by atoms with Crippen molar-refractivity contribution in [3.63, 3.8) is 0 Å². The summed E-state index contributed by atoms with van der Waals surface area (Å²) in [6, 6.07) is 6.31. The van der Waals surface area contributed by atoms with Crippen molar-refractivity contribution in [3.05, 3.63) is 41.2 Å². The fourth-order valence-corrected chi connectivity index (χ4v) is 2.39. The van der Waals surface area contributed by atoms with Gasteiger partial charge in [0.1, 0.15) is 0 Å². The largest absolute Gasteiger partial charge is 0.449 e. The molecule has 1 aromatic heterocycles. The van der Waals surface area contributed by atoms with Crippen molar-refractivity contribution in [2.24, 2.45) is 7.05 Å². The number of hydrogen-bond acceptors (Lipinski definition) is 5. The van der Waals surface area contributed by atoms with Crippen LogP contribution in [0.5, 0.6) is 0 Å². The zero-order valence-corrected chi connectivity index (χ0v) is 15.4. The summed E-state index contributed by atoms with van der Waals surface area (Å²) in [4.78, 5) is 35.7. The van der Waals surface area contributed by atoms with Crippen LogP contribution in [-0.2, 0) is 21.4 Å². The zero-order chi connectivity index (χ0) is 19.4. The van der Waals surface area contributed by atoms with Gasteiger partial charge < -0.3 is 15.4 Å². The fourth-order valence-electron chi connectivity index (χ4n) is 2.39. The molecule has 1 atom stereocenters. The minimum Gasteiger partial charge on any atom is -0.449 e. The standard InChI is InChI=1S/C18H22N4O4/c1-10-16(11(2)22(5)21-10)20-17(24)12(3)26-18(25)14-7-6-8-15(9-14)19-13(4)23/h6-9,12H,1-5H3,(H,19,23)(H,20,24)/t12-/m0/s1. The van der Waals surface area contributed by atoms with Gasteiger partial charge in [0.05, 0.1) is 22.6 Å². The third kappa shape index (κ3) is 4.47.